The highest BCUT2D eigenvalue weighted by molar-refractivity contribution is 5.28. The van der Waals surface area contributed by atoms with Crippen LogP contribution in [-0.2, 0) is 0 Å². The van der Waals surface area contributed by atoms with Gasteiger partial charge in [-0.15, -0.1) is 0 Å². The molecule has 2 nitrogen and oxygen atoms in total. The molecule has 1 saturated carbocycles. The van der Waals surface area contributed by atoms with Gasteiger partial charge in [0.05, 0.1) is 0 Å². The van der Waals surface area contributed by atoms with Crippen molar-refractivity contribution in [3.63, 3.8) is 0 Å². The number of allylic oxidation sites excluding steroid dienone is 6. The minimum Gasteiger partial charge on any atom is -0.374 e. The average Bonchev–Trinajstić information content (AvgIpc) is 3.34. The van der Waals surface area contributed by atoms with Crippen LogP contribution in [0.15, 0.2) is 34.6 Å². The van der Waals surface area contributed by atoms with Crippen LogP contribution in [0.5, 0.6) is 0 Å². The zero-order valence-corrected chi connectivity index (χ0v) is 15.9. The molecule has 0 bridgehead atoms. The van der Waals surface area contributed by atoms with Gasteiger partial charge >= 0.3 is 0 Å². The zero-order chi connectivity index (χ0) is 17.1. The van der Waals surface area contributed by atoms with E-state index >= 15 is 0 Å². The molecule has 1 unspecified atom stereocenters. The Balaban J connectivity index is 2.31. The van der Waals surface area contributed by atoms with Gasteiger partial charge in [-0.05, 0) is 64.7 Å². The summed E-state index contributed by atoms with van der Waals surface area (Å²) in [6.07, 6.45) is 10.4. The van der Waals surface area contributed by atoms with E-state index in [0.29, 0.717) is 11.8 Å². The van der Waals surface area contributed by atoms with Gasteiger partial charge in [0, 0.05) is 18.7 Å². The minimum atomic E-state index is -0.430. The number of aliphatic hydroxyl groups excluding tert-OH is 1. The van der Waals surface area contributed by atoms with Crippen LogP contribution in [0, 0.1) is 17.8 Å². The topological polar surface area (TPSA) is 23.5 Å². The fourth-order valence-electron chi connectivity index (χ4n) is 4.08. The SMILES string of the molecule is CC[C@@H](C1=CC=C(C)CC1)[C@@H](C)/C(=C(/C)C1CC1)N(C)C(C)O. The Labute approximate surface area is 143 Å². The van der Waals surface area contributed by atoms with Crippen molar-refractivity contribution in [1.82, 2.24) is 4.90 Å². The van der Waals surface area contributed by atoms with Gasteiger partial charge in [0.1, 0.15) is 6.23 Å². The van der Waals surface area contributed by atoms with Crippen LogP contribution in [0.2, 0.25) is 0 Å². The summed E-state index contributed by atoms with van der Waals surface area (Å²) in [4.78, 5) is 2.10. The highest BCUT2D eigenvalue weighted by Gasteiger charge is 2.33. The zero-order valence-electron chi connectivity index (χ0n) is 15.9. The summed E-state index contributed by atoms with van der Waals surface area (Å²) >= 11 is 0. The molecule has 0 aromatic heterocycles. The number of nitrogens with zero attached hydrogens (tertiary/aromatic N) is 1. The summed E-state index contributed by atoms with van der Waals surface area (Å²) in [5.74, 6) is 1.77. The molecule has 3 atom stereocenters. The molecule has 0 radical (unpaired) electrons. The Hall–Kier alpha value is -1.02. The maximum absolute atomic E-state index is 10.2. The van der Waals surface area contributed by atoms with E-state index in [1.165, 1.54) is 42.5 Å². The molecule has 0 aromatic carbocycles. The monoisotopic (exact) mass is 317 g/mol. The molecule has 0 heterocycles. The van der Waals surface area contributed by atoms with E-state index in [-0.39, 0.29) is 0 Å². The second-order valence-corrected chi connectivity index (χ2v) is 7.64. The van der Waals surface area contributed by atoms with Gasteiger partial charge in [-0.25, -0.2) is 0 Å². The summed E-state index contributed by atoms with van der Waals surface area (Å²) in [5, 5.41) is 10.2. The van der Waals surface area contributed by atoms with Crippen molar-refractivity contribution in [1.29, 1.82) is 0 Å². The fourth-order valence-corrected chi connectivity index (χ4v) is 4.08. The van der Waals surface area contributed by atoms with E-state index in [0.717, 1.165) is 12.3 Å². The molecule has 0 spiro atoms. The predicted octanol–water partition coefficient (Wildman–Crippen LogP) is 5.27. The molecule has 0 saturated heterocycles. The van der Waals surface area contributed by atoms with E-state index in [2.05, 4.69) is 51.8 Å². The Morgan fingerprint density at radius 2 is 1.91 bits per heavy atom. The quantitative estimate of drug-likeness (QED) is 0.647. The molecule has 130 valence electrons. The molecule has 0 aliphatic heterocycles. The van der Waals surface area contributed by atoms with Gasteiger partial charge in [-0.3, -0.25) is 0 Å². The van der Waals surface area contributed by atoms with E-state index in [4.69, 9.17) is 0 Å². The maximum Gasteiger partial charge on any atom is 0.123 e. The molecule has 0 aromatic rings. The van der Waals surface area contributed by atoms with E-state index in [9.17, 15) is 5.11 Å². The maximum atomic E-state index is 10.2. The first-order valence-corrected chi connectivity index (χ1v) is 9.34. The lowest BCUT2D eigenvalue weighted by Crippen LogP contribution is -2.34. The van der Waals surface area contributed by atoms with Crippen molar-refractivity contribution in [2.45, 2.75) is 73.0 Å². The molecule has 2 rings (SSSR count). The fraction of sp³-hybridized carbons (Fsp3) is 0.714. The molecule has 1 fully saturated rings. The third kappa shape index (κ3) is 4.29. The standard InChI is InChI=1S/C21H35NO/c1-7-20(19-10-8-14(2)9-11-19)16(4)21(22(6)17(5)23)15(3)18-12-13-18/h8,10,16-18,20,23H,7,9,11-13H2,1-6H3/b21-15+/t16-,17?,20-/m1/s1. The summed E-state index contributed by atoms with van der Waals surface area (Å²) < 4.78 is 0. The Morgan fingerprint density at radius 1 is 1.26 bits per heavy atom. The lowest BCUT2D eigenvalue weighted by atomic mass is 9.77. The third-order valence-corrected chi connectivity index (χ3v) is 5.88. The number of hydrogen-bond donors (Lipinski definition) is 1. The van der Waals surface area contributed by atoms with Crippen LogP contribution in [0.4, 0.5) is 0 Å². The van der Waals surface area contributed by atoms with Crippen molar-refractivity contribution >= 4 is 0 Å². The molecule has 2 aliphatic rings. The van der Waals surface area contributed by atoms with Crippen LogP contribution in [0.25, 0.3) is 0 Å². The van der Waals surface area contributed by atoms with Crippen LogP contribution in [0.3, 0.4) is 0 Å². The second-order valence-electron chi connectivity index (χ2n) is 7.64. The van der Waals surface area contributed by atoms with Crippen molar-refractivity contribution < 1.29 is 5.11 Å². The smallest absolute Gasteiger partial charge is 0.123 e. The van der Waals surface area contributed by atoms with Crippen molar-refractivity contribution in [2.24, 2.45) is 17.8 Å². The van der Waals surface area contributed by atoms with Gasteiger partial charge < -0.3 is 10.0 Å². The summed E-state index contributed by atoms with van der Waals surface area (Å²) in [6, 6.07) is 0. The molecule has 2 heteroatoms. The van der Waals surface area contributed by atoms with Gasteiger partial charge in [0.25, 0.3) is 0 Å². The Kier molecular flexibility index (Phi) is 6.13. The Morgan fingerprint density at radius 3 is 2.35 bits per heavy atom. The van der Waals surface area contributed by atoms with Crippen LogP contribution >= 0.6 is 0 Å². The lowest BCUT2D eigenvalue weighted by Gasteiger charge is -2.37. The molecular weight excluding hydrogens is 282 g/mol. The summed E-state index contributed by atoms with van der Waals surface area (Å²) in [5.41, 5.74) is 5.96. The van der Waals surface area contributed by atoms with E-state index < -0.39 is 6.23 Å². The Bertz CT molecular complexity index is 508. The number of aliphatic hydroxyl groups is 1. The minimum absolute atomic E-state index is 0.430. The largest absolute Gasteiger partial charge is 0.374 e. The normalized spacial score (nSPS) is 23.4. The predicted molar refractivity (Wildman–Crippen MR) is 98.9 cm³/mol. The lowest BCUT2D eigenvalue weighted by molar-refractivity contribution is 0.0512. The molecule has 0 amide bonds. The van der Waals surface area contributed by atoms with Crippen LogP contribution < -0.4 is 0 Å². The first kappa shape index (κ1) is 18.3. The second kappa shape index (κ2) is 7.70. The average molecular weight is 318 g/mol. The van der Waals surface area contributed by atoms with Gasteiger partial charge in [-0.1, -0.05) is 42.7 Å². The first-order valence-electron chi connectivity index (χ1n) is 9.34. The van der Waals surface area contributed by atoms with Crippen molar-refractivity contribution in [2.75, 3.05) is 7.05 Å². The van der Waals surface area contributed by atoms with Crippen LogP contribution in [0.1, 0.15) is 66.7 Å². The molecule has 1 N–H and O–H groups in total. The van der Waals surface area contributed by atoms with Gasteiger partial charge in [-0.2, -0.15) is 0 Å². The summed E-state index contributed by atoms with van der Waals surface area (Å²) in [7, 11) is 2.05. The van der Waals surface area contributed by atoms with Gasteiger partial charge in [0.15, 0.2) is 0 Å². The summed E-state index contributed by atoms with van der Waals surface area (Å²) in [6.45, 7) is 11.1. The number of rotatable bonds is 7. The van der Waals surface area contributed by atoms with Gasteiger partial charge in [0.2, 0.25) is 0 Å². The van der Waals surface area contributed by atoms with E-state index in [1.54, 1.807) is 5.57 Å². The molecule has 23 heavy (non-hydrogen) atoms. The molecule has 2 aliphatic carbocycles. The highest BCUT2D eigenvalue weighted by Crippen LogP contribution is 2.43. The highest BCUT2D eigenvalue weighted by atomic mass is 16.3. The third-order valence-electron chi connectivity index (χ3n) is 5.88. The van der Waals surface area contributed by atoms with Crippen molar-refractivity contribution in [3.8, 4) is 0 Å². The van der Waals surface area contributed by atoms with Crippen LogP contribution in [-0.4, -0.2) is 23.3 Å². The van der Waals surface area contributed by atoms with E-state index in [1.807, 2.05) is 6.92 Å². The first-order chi connectivity index (χ1) is 10.9. The number of hydrogen-bond acceptors (Lipinski definition) is 2. The van der Waals surface area contributed by atoms with Crippen molar-refractivity contribution in [3.05, 3.63) is 34.6 Å². The molecular formula is C21H35NO.